The summed E-state index contributed by atoms with van der Waals surface area (Å²) in [4.78, 5) is 16.2. The van der Waals surface area contributed by atoms with Crippen LogP contribution in [0.25, 0.3) is 6.08 Å². The number of ether oxygens (including phenoxy) is 3. The maximum absolute atomic E-state index is 13.0. The highest BCUT2D eigenvalue weighted by molar-refractivity contribution is 6.12. The standard InChI is InChI=1S/C19H13FN2O4/c1-24-17-11-12(2-7-16(17)25-9-8-21)10-15-19(23)26-18(22-15)13-3-5-14(20)6-4-13/h2-7,10-11H,9H2,1H3/b15-10+. The normalized spacial score (nSPS) is 14.6. The molecule has 1 aliphatic heterocycles. The van der Waals surface area contributed by atoms with Crippen molar-refractivity contribution < 1.29 is 23.4 Å². The first-order chi connectivity index (χ1) is 12.6. The lowest BCUT2D eigenvalue weighted by Gasteiger charge is -2.08. The van der Waals surface area contributed by atoms with E-state index in [-0.39, 0.29) is 24.0 Å². The maximum Gasteiger partial charge on any atom is 0.363 e. The van der Waals surface area contributed by atoms with Crippen LogP contribution < -0.4 is 9.47 Å². The van der Waals surface area contributed by atoms with Crippen LogP contribution >= 0.6 is 0 Å². The summed E-state index contributed by atoms with van der Waals surface area (Å²) in [6.07, 6.45) is 1.54. The molecule has 0 fully saturated rings. The van der Waals surface area contributed by atoms with Crippen molar-refractivity contribution >= 4 is 17.9 Å². The molecule has 1 aliphatic rings. The Morgan fingerprint density at radius 3 is 2.69 bits per heavy atom. The second-order valence-corrected chi connectivity index (χ2v) is 5.20. The Hall–Kier alpha value is -3.66. The number of benzene rings is 2. The van der Waals surface area contributed by atoms with Gasteiger partial charge in [-0.05, 0) is 48.0 Å². The number of hydrogen-bond donors (Lipinski definition) is 0. The highest BCUT2D eigenvalue weighted by Crippen LogP contribution is 2.29. The molecule has 0 bridgehead atoms. The molecule has 0 spiro atoms. The van der Waals surface area contributed by atoms with Gasteiger partial charge >= 0.3 is 5.97 Å². The zero-order chi connectivity index (χ0) is 18.5. The number of nitriles is 1. The minimum Gasteiger partial charge on any atom is -0.493 e. The Bertz CT molecular complexity index is 943. The zero-order valence-electron chi connectivity index (χ0n) is 13.7. The Morgan fingerprint density at radius 1 is 1.23 bits per heavy atom. The van der Waals surface area contributed by atoms with E-state index in [4.69, 9.17) is 19.5 Å². The predicted molar refractivity (Wildman–Crippen MR) is 91.1 cm³/mol. The molecular formula is C19H13FN2O4. The van der Waals surface area contributed by atoms with E-state index in [1.54, 1.807) is 18.2 Å². The van der Waals surface area contributed by atoms with E-state index in [0.29, 0.717) is 22.6 Å². The number of cyclic esters (lactones) is 1. The van der Waals surface area contributed by atoms with Gasteiger partial charge < -0.3 is 14.2 Å². The first-order valence-electron chi connectivity index (χ1n) is 7.57. The lowest BCUT2D eigenvalue weighted by molar-refractivity contribution is -0.129. The van der Waals surface area contributed by atoms with Crippen molar-refractivity contribution in [2.75, 3.05) is 13.7 Å². The topological polar surface area (TPSA) is 80.9 Å². The Labute approximate surface area is 148 Å². The quantitative estimate of drug-likeness (QED) is 0.610. The summed E-state index contributed by atoms with van der Waals surface area (Å²) in [7, 11) is 1.47. The summed E-state index contributed by atoms with van der Waals surface area (Å²) in [5.74, 6) is -0.0417. The second-order valence-electron chi connectivity index (χ2n) is 5.20. The summed E-state index contributed by atoms with van der Waals surface area (Å²) in [5.41, 5.74) is 1.25. The smallest absolute Gasteiger partial charge is 0.363 e. The summed E-state index contributed by atoms with van der Waals surface area (Å²) in [6, 6.07) is 12.3. The fourth-order valence-corrected chi connectivity index (χ4v) is 2.29. The van der Waals surface area contributed by atoms with Gasteiger partial charge in [-0.25, -0.2) is 14.2 Å². The summed E-state index contributed by atoms with van der Waals surface area (Å²) < 4.78 is 28.6. The van der Waals surface area contributed by atoms with Crippen molar-refractivity contribution in [2.45, 2.75) is 0 Å². The number of carbonyl (C=O) groups excluding carboxylic acids is 1. The molecular weight excluding hydrogens is 339 g/mol. The minimum atomic E-state index is -0.604. The lowest BCUT2D eigenvalue weighted by atomic mass is 10.1. The number of halogens is 1. The van der Waals surface area contributed by atoms with Crippen molar-refractivity contribution in [2.24, 2.45) is 4.99 Å². The number of rotatable bonds is 5. The third kappa shape index (κ3) is 3.70. The fraction of sp³-hybridized carbons (Fsp3) is 0.105. The summed E-state index contributed by atoms with van der Waals surface area (Å²) >= 11 is 0. The number of hydrogen-bond acceptors (Lipinski definition) is 6. The Balaban J connectivity index is 1.88. The van der Waals surface area contributed by atoms with Gasteiger partial charge in [-0.1, -0.05) is 6.07 Å². The molecule has 2 aromatic rings. The molecule has 3 rings (SSSR count). The number of methoxy groups -OCH3 is 1. The molecule has 26 heavy (non-hydrogen) atoms. The molecule has 0 aliphatic carbocycles. The van der Waals surface area contributed by atoms with E-state index in [1.807, 2.05) is 6.07 Å². The fourth-order valence-electron chi connectivity index (χ4n) is 2.29. The SMILES string of the molecule is COc1cc(/C=C2/N=C(c3ccc(F)cc3)OC2=O)ccc1OCC#N. The van der Waals surface area contributed by atoms with E-state index < -0.39 is 5.97 Å². The molecule has 0 atom stereocenters. The van der Waals surface area contributed by atoms with Crippen molar-refractivity contribution in [1.29, 1.82) is 5.26 Å². The molecule has 0 aromatic heterocycles. The molecule has 0 unspecified atom stereocenters. The predicted octanol–water partition coefficient (Wildman–Crippen LogP) is 3.08. The molecule has 0 saturated heterocycles. The molecule has 6 nitrogen and oxygen atoms in total. The number of carbonyl (C=O) groups is 1. The molecule has 130 valence electrons. The van der Waals surface area contributed by atoms with Crippen molar-refractivity contribution in [3.05, 3.63) is 65.1 Å². The molecule has 2 aromatic carbocycles. The van der Waals surface area contributed by atoms with Gasteiger partial charge in [0.25, 0.3) is 0 Å². The molecule has 7 heteroatoms. The van der Waals surface area contributed by atoms with Crippen LogP contribution in [0.15, 0.2) is 53.2 Å². The van der Waals surface area contributed by atoms with Gasteiger partial charge in [0.1, 0.15) is 11.9 Å². The lowest BCUT2D eigenvalue weighted by Crippen LogP contribution is -2.05. The van der Waals surface area contributed by atoms with Crippen molar-refractivity contribution in [3.63, 3.8) is 0 Å². The van der Waals surface area contributed by atoms with Gasteiger partial charge in [0.15, 0.2) is 23.8 Å². The average Bonchev–Trinajstić information content (AvgIpc) is 3.01. The Kier molecular flexibility index (Phi) is 4.94. The van der Waals surface area contributed by atoms with Crippen molar-refractivity contribution in [3.8, 4) is 17.6 Å². The van der Waals surface area contributed by atoms with Gasteiger partial charge in [0.05, 0.1) is 7.11 Å². The van der Waals surface area contributed by atoms with Gasteiger partial charge in [-0.2, -0.15) is 5.26 Å². The van der Waals surface area contributed by atoms with E-state index in [0.717, 1.165) is 0 Å². The third-order valence-electron chi connectivity index (χ3n) is 3.49. The van der Waals surface area contributed by atoms with Crippen LogP contribution in [0.2, 0.25) is 0 Å². The molecule has 0 radical (unpaired) electrons. The van der Waals surface area contributed by atoms with Crippen LogP contribution in [-0.4, -0.2) is 25.6 Å². The molecule has 0 N–H and O–H groups in total. The second kappa shape index (κ2) is 7.49. The van der Waals surface area contributed by atoms with Crippen LogP contribution in [0, 0.1) is 17.1 Å². The van der Waals surface area contributed by atoms with Crippen LogP contribution in [0.4, 0.5) is 4.39 Å². The van der Waals surface area contributed by atoms with E-state index in [9.17, 15) is 9.18 Å². The van der Waals surface area contributed by atoms with Crippen LogP contribution in [0.5, 0.6) is 11.5 Å². The van der Waals surface area contributed by atoms with Crippen LogP contribution in [-0.2, 0) is 9.53 Å². The van der Waals surface area contributed by atoms with Gasteiger partial charge in [-0.3, -0.25) is 0 Å². The summed E-state index contributed by atoms with van der Waals surface area (Å²) in [5, 5.41) is 8.59. The molecule has 0 saturated carbocycles. The monoisotopic (exact) mass is 352 g/mol. The first-order valence-corrected chi connectivity index (χ1v) is 7.57. The van der Waals surface area contributed by atoms with E-state index >= 15 is 0 Å². The molecule has 0 amide bonds. The van der Waals surface area contributed by atoms with Crippen LogP contribution in [0.3, 0.4) is 0 Å². The number of aliphatic imine (C=N–C) groups is 1. The third-order valence-corrected chi connectivity index (χ3v) is 3.49. The number of nitrogens with zero attached hydrogens (tertiary/aromatic N) is 2. The molecule has 1 heterocycles. The highest BCUT2D eigenvalue weighted by Gasteiger charge is 2.24. The van der Waals surface area contributed by atoms with E-state index in [2.05, 4.69) is 4.99 Å². The van der Waals surface area contributed by atoms with Crippen LogP contribution in [0.1, 0.15) is 11.1 Å². The maximum atomic E-state index is 13.0. The Morgan fingerprint density at radius 2 is 2.00 bits per heavy atom. The zero-order valence-corrected chi connectivity index (χ0v) is 13.7. The van der Waals surface area contributed by atoms with Gasteiger partial charge in [-0.15, -0.1) is 0 Å². The largest absolute Gasteiger partial charge is 0.493 e. The van der Waals surface area contributed by atoms with Gasteiger partial charge in [0, 0.05) is 5.56 Å². The van der Waals surface area contributed by atoms with Gasteiger partial charge in [0.2, 0.25) is 5.90 Å². The average molecular weight is 352 g/mol. The minimum absolute atomic E-state index is 0.103. The van der Waals surface area contributed by atoms with E-state index in [1.165, 1.54) is 37.5 Å². The summed E-state index contributed by atoms with van der Waals surface area (Å²) in [6.45, 7) is -0.103. The number of esters is 1. The first kappa shape index (κ1) is 17.2. The van der Waals surface area contributed by atoms with Crippen molar-refractivity contribution in [1.82, 2.24) is 0 Å². The highest BCUT2D eigenvalue weighted by atomic mass is 19.1.